The Hall–Kier alpha value is -0.780. The summed E-state index contributed by atoms with van der Waals surface area (Å²) in [5.41, 5.74) is -2.55. The summed E-state index contributed by atoms with van der Waals surface area (Å²) in [5.74, 6) is -1.73. The van der Waals surface area contributed by atoms with Gasteiger partial charge >= 0.3 is 12.1 Å². The third kappa shape index (κ3) is 2.22. The Bertz CT molecular complexity index is 326. The lowest BCUT2D eigenvalue weighted by atomic mass is 9.86. The van der Waals surface area contributed by atoms with E-state index in [-0.39, 0.29) is 25.6 Å². The van der Waals surface area contributed by atoms with Crippen molar-refractivity contribution in [3.8, 4) is 0 Å². The van der Waals surface area contributed by atoms with E-state index in [9.17, 15) is 18.0 Å². The average Bonchev–Trinajstić information content (AvgIpc) is 2.75. The fraction of sp³-hybridized carbons (Fsp3) is 0.917. The molecule has 6 heteroatoms. The van der Waals surface area contributed by atoms with Crippen LogP contribution in [0.2, 0.25) is 0 Å². The predicted molar refractivity (Wildman–Crippen MR) is 59.2 cm³/mol. The molecule has 1 N–H and O–H groups in total. The van der Waals surface area contributed by atoms with Crippen LogP contribution in [0.1, 0.15) is 38.5 Å². The van der Waals surface area contributed by atoms with Crippen molar-refractivity contribution in [2.75, 3.05) is 13.1 Å². The number of carboxylic acids is 1. The van der Waals surface area contributed by atoms with Crippen LogP contribution in [0.25, 0.3) is 0 Å². The van der Waals surface area contributed by atoms with Gasteiger partial charge in [-0.25, -0.2) is 0 Å². The van der Waals surface area contributed by atoms with Crippen molar-refractivity contribution >= 4 is 5.97 Å². The van der Waals surface area contributed by atoms with Crippen LogP contribution >= 0.6 is 0 Å². The molecule has 2 fully saturated rings. The predicted octanol–water partition coefficient (Wildman–Crippen LogP) is 2.66. The number of carbonyl (C=O) groups is 1. The zero-order valence-electron chi connectivity index (χ0n) is 10.2. The van der Waals surface area contributed by atoms with Crippen molar-refractivity contribution in [2.24, 2.45) is 5.41 Å². The Kier molecular flexibility index (Phi) is 3.58. The van der Waals surface area contributed by atoms with Gasteiger partial charge in [-0.3, -0.25) is 9.69 Å². The maximum Gasteiger partial charge on any atom is 0.406 e. The van der Waals surface area contributed by atoms with Crippen molar-refractivity contribution in [3.05, 3.63) is 0 Å². The zero-order chi connectivity index (χ0) is 13.4. The van der Waals surface area contributed by atoms with Gasteiger partial charge in [-0.1, -0.05) is 19.3 Å². The fourth-order valence-electron chi connectivity index (χ4n) is 3.12. The highest BCUT2D eigenvalue weighted by Gasteiger charge is 2.63. The molecule has 1 atom stereocenters. The molecule has 104 valence electrons. The monoisotopic (exact) mass is 265 g/mol. The summed E-state index contributed by atoms with van der Waals surface area (Å²) >= 11 is 0. The highest BCUT2D eigenvalue weighted by molar-refractivity contribution is 5.76. The summed E-state index contributed by atoms with van der Waals surface area (Å²) in [6.07, 6.45) is 0.0138. The second-order valence-corrected chi connectivity index (χ2v) is 5.40. The molecule has 0 spiro atoms. The number of hydrogen-bond donors (Lipinski definition) is 1. The number of hydrogen-bond acceptors (Lipinski definition) is 2. The smallest absolute Gasteiger partial charge is 0.406 e. The number of alkyl halides is 3. The summed E-state index contributed by atoms with van der Waals surface area (Å²) in [6.45, 7) is -0.132. The van der Waals surface area contributed by atoms with Crippen LogP contribution in [0, 0.1) is 5.41 Å². The van der Waals surface area contributed by atoms with Crippen LogP contribution in [-0.2, 0) is 4.79 Å². The van der Waals surface area contributed by atoms with Crippen LogP contribution in [0.3, 0.4) is 0 Å². The lowest BCUT2D eigenvalue weighted by molar-refractivity contribution is -0.228. The molecule has 1 saturated heterocycles. The van der Waals surface area contributed by atoms with E-state index in [1.165, 1.54) is 0 Å². The maximum atomic E-state index is 13.0. The summed E-state index contributed by atoms with van der Waals surface area (Å²) in [5, 5.41) is 8.97. The number of likely N-dealkylation sites (tertiary alicyclic amines) is 1. The van der Waals surface area contributed by atoms with Crippen molar-refractivity contribution in [1.29, 1.82) is 0 Å². The quantitative estimate of drug-likeness (QED) is 0.834. The van der Waals surface area contributed by atoms with Gasteiger partial charge in [0.1, 0.15) is 0 Å². The lowest BCUT2D eigenvalue weighted by Crippen LogP contribution is -2.48. The molecule has 0 amide bonds. The second-order valence-electron chi connectivity index (χ2n) is 5.40. The molecule has 0 radical (unpaired) electrons. The molecular formula is C12H18F3NO2. The minimum Gasteiger partial charge on any atom is -0.481 e. The van der Waals surface area contributed by atoms with Crippen LogP contribution in [-0.4, -0.2) is 41.3 Å². The molecule has 0 aromatic carbocycles. The van der Waals surface area contributed by atoms with E-state index in [0.29, 0.717) is 0 Å². The van der Waals surface area contributed by atoms with Crippen LogP contribution in [0.4, 0.5) is 13.2 Å². The Morgan fingerprint density at radius 2 is 1.83 bits per heavy atom. The van der Waals surface area contributed by atoms with Gasteiger partial charge in [-0.2, -0.15) is 13.2 Å². The fourth-order valence-corrected chi connectivity index (χ4v) is 3.12. The topological polar surface area (TPSA) is 40.5 Å². The van der Waals surface area contributed by atoms with E-state index in [1.54, 1.807) is 4.90 Å². The van der Waals surface area contributed by atoms with Crippen molar-refractivity contribution in [1.82, 2.24) is 4.90 Å². The standard InChI is InChI=1S/C12H18F3NO2/c13-12(14,15)11(10(17)18)6-7-16(8-11)9-4-2-1-3-5-9/h9H,1-8H2,(H,17,18). The molecular weight excluding hydrogens is 247 g/mol. The van der Waals surface area contributed by atoms with Gasteiger partial charge in [0.15, 0.2) is 5.41 Å². The number of rotatable bonds is 2. The highest BCUT2D eigenvalue weighted by Crippen LogP contribution is 2.47. The molecule has 18 heavy (non-hydrogen) atoms. The van der Waals surface area contributed by atoms with Gasteiger partial charge in [-0.05, 0) is 25.8 Å². The molecule has 2 aliphatic rings. The van der Waals surface area contributed by atoms with Gasteiger partial charge in [0.2, 0.25) is 0 Å². The molecule has 0 aromatic rings. The first kappa shape index (κ1) is 13.6. The van der Waals surface area contributed by atoms with Gasteiger partial charge < -0.3 is 5.11 Å². The van der Waals surface area contributed by atoms with E-state index >= 15 is 0 Å². The molecule has 1 saturated carbocycles. The van der Waals surface area contributed by atoms with Crippen molar-refractivity contribution in [2.45, 2.75) is 50.7 Å². The lowest BCUT2D eigenvalue weighted by Gasteiger charge is -2.33. The molecule has 2 rings (SSSR count). The summed E-state index contributed by atoms with van der Waals surface area (Å²) < 4.78 is 39.0. The zero-order valence-corrected chi connectivity index (χ0v) is 10.2. The largest absolute Gasteiger partial charge is 0.481 e. The Balaban J connectivity index is 2.11. The Morgan fingerprint density at radius 1 is 1.22 bits per heavy atom. The minimum absolute atomic E-state index is 0.141. The maximum absolute atomic E-state index is 13.0. The molecule has 0 bridgehead atoms. The number of nitrogens with zero attached hydrogens (tertiary/aromatic N) is 1. The van der Waals surface area contributed by atoms with E-state index in [0.717, 1.165) is 32.1 Å². The first-order valence-electron chi connectivity index (χ1n) is 6.41. The van der Waals surface area contributed by atoms with Gasteiger partial charge in [-0.15, -0.1) is 0 Å². The third-order valence-electron chi connectivity index (χ3n) is 4.34. The highest BCUT2D eigenvalue weighted by atomic mass is 19.4. The Morgan fingerprint density at radius 3 is 2.28 bits per heavy atom. The van der Waals surface area contributed by atoms with E-state index in [2.05, 4.69) is 0 Å². The van der Waals surface area contributed by atoms with Gasteiger partial charge in [0, 0.05) is 12.6 Å². The van der Waals surface area contributed by atoms with Crippen LogP contribution < -0.4 is 0 Å². The van der Waals surface area contributed by atoms with E-state index in [4.69, 9.17) is 5.11 Å². The molecule has 3 nitrogen and oxygen atoms in total. The van der Waals surface area contributed by atoms with Crippen LogP contribution in [0.5, 0.6) is 0 Å². The van der Waals surface area contributed by atoms with Crippen LogP contribution in [0.15, 0.2) is 0 Å². The SMILES string of the molecule is O=C(O)C1(C(F)(F)F)CCN(C2CCCCC2)C1. The van der Waals surface area contributed by atoms with Gasteiger partial charge in [0.25, 0.3) is 0 Å². The normalized spacial score (nSPS) is 31.7. The van der Waals surface area contributed by atoms with Crippen molar-refractivity contribution in [3.63, 3.8) is 0 Å². The molecule has 1 aliphatic carbocycles. The Labute approximate surface area is 104 Å². The molecule has 0 aromatic heterocycles. The first-order valence-corrected chi connectivity index (χ1v) is 6.41. The summed E-state index contributed by atoms with van der Waals surface area (Å²) in [7, 11) is 0. The third-order valence-corrected chi connectivity index (χ3v) is 4.34. The number of aliphatic carboxylic acids is 1. The van der Waals surface area contributed by atoms with E-state index < -0.39 is 17.6 Å². The molecule has 1 heterocycles. The van der Waals surface area contributed by atoms with E-state index in [1.807, 2.05) is 0 Å². The molecule has 1 unspecified atom stereocenters. The summed E-state index contributed by atoms with van der Waals surface area (Å²) in [6, 6.07) is 0.141. The first-order chi connectivity index (χ1) is 8.37. The summed E-state index contributed by atoms with van der Waals surface area (Å²) in [4.78, 5) is 12.8. The minimum atomic E-state index is -4.66. The number of carboxylic acid groups (broad SMARTS) is 1. The van der Waals surface area contributed by atoms with Gasteiger partial charge in [0.05, 0.1) is 0 Å². The molecule has 1 aliphatic heterocycles. The van der Waals surface area contributed by atoms with Crippen molar-refractivity contribution < 1.29 is 23.1 Å². The second kappa shape index (κ2) is 4.72. The number of halogens is 3. The average molecular weight is 265 g/mol.